The van der Waals surface area contributed by atoms with E-state index in [1.807, 2.05) is 54.9 Å². The number of carbonyl (C=O) groups excluding carboxylic acids is 1. The lowest BCUT2D eigenvalue weighted by Crippen LogP contribution is -2.38. The number of amides is 1. The van der Waals surface area contributed by atoms with E-state index in [2.05, 4.69) is 33.7 Å². The molecule has 46 heavy (non-hydrogen) atoms. The molecule has 234 valence electrons. The van der Waals surface area contributed by atoms with Gasteiger partial charge in [-0.25, -0.2) is 18.9 Å². The number of carbonyl (C=O) groups is 1. The summed E-state index contributed by atoms with van der Waals surface area (Å²) in [5.74, 6) is -0.300. The highest BCUT2D eigenvalue weighted by Crippen LogP contribution is 2.42. The molecule has 2 saturated heterocycles. The molecule has 2 fully saturated rings. The Bertz CT molecular complexity index is 2050. The van der Waals surface area contributed by atoms with Gasteiger partial charge in [-0.1, -0.05) is 48.2 Å². The van der Waals surface area contributed by atoms with Crippen LogP contribution in [0.4, 0.5) is 10.1 Å². The Labute approximate surface area is 267 Å². The standard InChI is InChI=1S/C36H36FN7O2/c1-6-29(45)43-18-15-24(16-19-43)44-35-26-20-21(2)30(25-12-7-10-23-11-8-13-27(38-4)31(23)25)32(37)33(26)39-36(34(35)40-41-44)46-22(3)28-14-9-17-42(28)5/h6-8,10-13,20,22,24,28H,1,9,14-19H2,2-3,5H3/t22-,28-/m0/s1. The Balaban J connectivity index is 1.43. The lowest BCUT2D eigenvalue weighted by molar-refractivity contribution is -0.127. The Hall–Kier alpha value is -4.88. The topological polar surface area (TPSA) is 80.7 Å². The van der Waals surface area contributed by atoms with Crippen molar-refractivity contribution in [1.29, 1.82) is 0 Å². The van der Waals surface area contributed by atoms with Crippen LogP contribution in [0.3, 0.4) is 0 Å². The molecule has 10 heteroatoms. The second-order valence-electron chi connectivity index (χ2n) is 12.5. The van der Waals surface area contributed by atoms with Gasteiger partial charge in [-0.05, 0) is 87.2 Å². The minimum absolute atomic E-state index is 0.0435. The first-order chi connectivity index (χ1) is 22.3. The highest BCUT2D eigenvalue weighted by molar-refractivity contribution is 6.10. The Morgan fingerprint density at radius 1 is 1.15 bits per heavy atom. The van der Waals surface area contributed by atoms with Gasteiger partial charge >= 0.3 is 0 Å². The molecule has 0 unspecified atom stereocenters. The van der Waals surface area contributed by atoms with Crippen LogP contribution in [-0.2, 0) is 4.79 Å². The molecule has 0 saturated carbocycles. The fraction of sp³-hybridized carbons (Fsp3) is 0.361. The lowest BCUT2D eigenvalue weighted by atomic mass is 9.92. The summed E-state index contributed by atoms with van der Waals surface area (Å²) in [6.45, 7) is 17.5. The summed E-state index contributed by atoms with van der Waals surface area (Å²) < 4.78 is 25.6. The van der Waals surface area contributed by atoms with Crippen molar-refractivity contribution < 1.29 is 13.9 Å². The van der Waals surface area contributed by atoms with Crippen molar-refractivity contribution >= 4 is 44.3 Å². The molecular formula is C36H36FN7O2. The maximum Gasteiger partial charge on any atom is 0.245 e. The lowest BCUT2D eigenvalue weighted by Gasteiger charge is -2.31. The maximum atomic E-state index is 17.1. The van der Waals surface area contributed by atoms with E-state index in [4.69, 9.17) is 16.3 Å². The highest BCUT2D eigenvalue weighted by atomic mass is 19.1. The van der Waals surface area contributed by atoms with E-state index in [0.717, 1.165) is 24.8 Å². The number of benzene rings is 3. The van der Waals surface area contributed by atoms with Gasteiger partial charge in [-0.15, -0.1) is 5.10 Å². The van der Waals surface area contributed by atoms with E-state index in [1.54, 1.807) is 11.0 Å². The predicted octanol–water partition coefficient (Wildman–Crippen LogP) is 7.01. The summed E-state index contributed by atoms with van der Waals surface area (Å²) >= 11 is 0. The number of nitrogens with zero attached hydrogens (tertiary/aromatic N) is 7. The summed E-state index contributed by atoms with van der Waals surface area (Å²) in [6, 6.07) is 13.4. The van der Waals surface area contributed by atoms with E-state index in [-0.39, 0.29) is 35.5 Å². The van der Waals surface area contributed by atoms with Gasteiger partial charge in [0.1, 0.15) is 17.1 Å². The third-order valence-corrected chi connectivity index (χ3v) is 9.79. The van der Waals surface area contributed by atoms with Gasteiger partial charge in [-0.3, -0.25) is 9.69 Å². The molecule has 2 aromatic heterocycles. The number of rotatable bonds is 6. The normalized spacial score (nSPS) is 18.3. The number of ether oxygens (including phenoxy) is 1. The molecule has 9 nitrogen and oxygen atoms in total. The molecule has 4 heterocycles. The maximum absolute atomic E-state index is 17.1. The van der Waals surface area contributed by atoms with Gasteiger partial charge in [0.25, 0.3) is 0 Å². The molecule has 0 N–H and O–H groups in total. The number of likely N-dealkylation sites (tertiary alicyclic amines) is 2. The zero-order valence-electron chi connectivity index (χ0n) is 26.3. The van der Waals surface area contributed by atoms with E-state index < -0.39 is 5.82 Å². The zero-order chi connectivity index (χ0) is 32.1. The smallest absolute Gasteiger partial charge is 0.245 e. The first-order valence-electron chi connectivity index (χ1n) is 15.9. The van der Waals surface area contributed by atoms with Gasteiger partial charge in [0, 0.05) is 30.1 Å². The minimum atomic E-state index is -0.473. The number of halogens is 1. The summed E-state index contributed by atoms with van der Waals surface area (Å²) in [6.07, 6.45) is 4.59. The van der Waals surface area contributed by atoms with Crippen molar-refractivity contribution in [2.45, 2.75) is 57.7 Å². The number of hydrogen-bond donors (Lipinski definition) is 0. The SMILES string of the molecule is [C-]#[N+]c1cccc2cccc(-c3c(C)cc4c(nc(O[C@@H](C)[C@@H]5CCCN5C)c5nnn(C6CCN(C(=O)C=C)CC6)c54)c3F)c12. The van der Waals surface area contributed by atoms with Gasteiger partial charge < -0.3 is 9.64 Å². The first kappa shape index (κ1) is 29.8. The second kappa shape index (κ2) is 11.8. The largest absolute Gasteiger partial charge is 0.471 e. The third kappa shape index (κ3) is 4.86. The van der Waals surface area contributed by atoms with Gasteiger partial charge in [0.05, 0.1) is 12.6 Å². The first-order valence-corrected chi connectivity index (χ1v) is 15.9. The molecule has 2 aliphatic heterocycles. The van der Waals surface area contributed by atoms with Crippen molar-refractivity contribution in [2.24, 2.45) is 0 Å². The molecule has 0 radical (unpaired) electrons. The van der Waals surface area contributed by atoms with Crippen LogP contribution in [0.15, 0.2) is 55.1 Å². The van der Waals surface area contributed by atoms with Gasteiger partial charge in [0.2, 0.25) is 11.8 Å². The molecule has 2 aliphatic rings. The minimum Gasteiger partial charge on any atom is -0.471 e. The number of likely N-dealkylation sites (N-methyl/N-ethyl adjacent to an activating group) is 1. The Morgan fingerprint density at radius 2 is 1.91 bits per heavy atom. The number of fused-ring (bicyclic) bond motifs is 4. The quantitative estimate of drug-likeness (QED) is 0.151. The van der Waals surface area contributed by atoms with E-state index in [9.17, 15) is 4.79 Å². The molecule has 3 aromatic carbocycles. The van der Waals surface area contributed by atoms with Crippen molar-refractivity contribution in [3.8, 4) is 17.0 Å². The Kier molecular flexibility index (Phi) is 7.65. The molecular weight excluding hydrogens is 581 g/mol. The van der Waals surface area contributed by atoms with E-state index in [0.29, 0.717) is 70.1 Å². The van der Waals surface area contributed by atoms with Crippen LogP contribution in [0.1, 0.15) is 44.2 Å². The van der Waals surface area contributed by atoms with Crippen molar-refractivity contribution in [3.05, 3.63) is 77.9 Å². The molecule has 1 amide bonds. The predicted molar refractivity (Wildman–Crippen MR) is 178 cm³/mol. The van der Waals surface area contributed by atoms with Crippen LogP contribution >= 0.6 is 0 Å². The van der Waals surface area contributed by atoms with Crippen LogP contribution in [0.2, 0.25) is 0 Å². The van der Waals surface area contributed by atoms with Crippen molar-refractivity contribution in [3.63, 3.8) is 0 Å². The number of hydrogen-bond acceptors (Lipinski definition) is 6. The number of piperidine rings is 1. The van der Waals surface area contributed by atoms with Crippen molar-refractivity contribution in [1.82, 2.24) is 29.8 Å². The Morgan fingerprint density at radius 3 is 2.61 bits per heavy atom. The summed E-state index contributed by atoms with van der Waals surface area (Å²) in [5, 5.41) is 11.4. The van der Waals surface area contributed by atoms with Crippen LogP contribution in [0, 0.1) is 19.3 Å². The van der Waals surface area contributed by atoms with Crippen LogP contribution in [0.25, 0.3) is 48.7 Å². The average molecular weight is 618 g/mol. The monoisotopic (exact) mass is 617 g/mol. The highest BCUT2D eigenvalue weighted by Gasteiger charge is 2.32. The van der Waals surface area contributed by atoms with Crippen molar-refractivity contribution in [2.75, 3.05) is 26.7 Å². The number of aromatic nitrogens is 4. The summed E-state index contributed by atoms with van der Waals surface area (Å²) in [7, 11) is 2.09. The van der Waals surface area contributed by atoms with Gasteiger partial charge in [-0.2, -0.15) is 0 Å². The summed E-state index contributed by atoms with van der Waals surface area (Å²) in [5.41, 5.74) is 3.59. The molecule has 0 spiro atoms. The second-order valence-corrected chi connectivity index (χ2v) is 12.5. The molecule has 5 aromatic rings. The van der Waals surface area contributed by atoms with Crippen LogP contribution < -0.4 is 4.74 Å². The molecule has 0 bridgehead atoms. The molecule has 7 rings (SSSR count). The van der Waals surface area contributed by atoms with Gasteiger partial charge in [0.15, 0.2) is 17.0 Å². The number of pyridine rings is 1. The zero-order valence-corrected chi connectivity index (χ0v) is 26.3. The fourth-order valence-corrected chi connectivity index (χ4v) is 7.43. The third-order valence-electron chi connectivity index (χ3n) is 9.79. The fourth-order valence-electron chi connectivity index (χ4n) is 7.43. The number of aryl methyl sites for hydroxylation is 1. The molecule has 2 atom stereocenters. The summed E-state index contributed by atoms with van der Waals surface area (Å²) in [4.78, 5) is 24.9. The van der Waals surface area contributed by atoms with E-state index in [1.165, 1.54) is 6.08 Å². The average Bonchev–Trinajstić information content (AvgIpc) is 3.72. The molecule has 0 aliphatic carbocycles. The van der Waals surface area contributed by atoms with Crippen LogP contribution in [0.5, 0.6) is 5.88 Å². The van der Waals surface area contributed by atoms with E-state index >= 15 is 4.39 Å². The van der Waals surface area contributed by atoms with Crippen LogP contribution in [-0.4, -0.2) is 74.5 Å².